The standard InChI is InChI=1S/C17H24N4O3/c1-23-15-4-2-5-16(12-15)24-11-10-20-8-3-6-17(22,13-20)14-21-9-7-18-19-21/h2,4-5,7,9,12,22H,3,6,8,10-11,13-14H2,1H3. The van der Waals surface area contributed by atoms with Crippen molar-refractivity contribution in [3.63, 3.8) is 0 Å². The number of hydrogen-bond donors (Lipinski definition) is 1. The molecular formula is C17H24N4O3. The SMILES string of the molecule is COc1cccc(OCCN2CCCC(O)(Cn3ccnn3)C2)c1. The van der Waals surface area contributed by atoms with Crippen molar-refractivity contribution in [3.05, 3.63) is 36.7 Å². The van der Waals surface area contributed by atoms with Crippen LogP contribution in [0.4, 0.5) is 0 Å². The first-order valence-corrected chi connectivity index (χ1v) is 8.23. The first kappa shape index (κ1) is 16.7. The highest BCUT2D eigenvalue weighted by atomic mass is 16.5. The molecule has 7 heteroatoms. The average molecular weight is 332 g/mol. The fourth-order valence-corrected chi connectivity index (χ4v) is 3.13. The Labute approximate surface area is 141 Å². The summed E-state index contributed by atoms with van der Waals surface area (Å²) < 4.78 is 12.7. The van der Waals surface area contributed by atoms with Gasteiger partial charge in [0.1, 0.15) is 18.1 Å². The molecular weight excluding hydrogens is 308 g/mol. The molecule has 0 bridgehead atoms. The van der Waals surface area contributed by atoms with Crippen molar-refractivity contribution in [2.45, 2.75) is 25.0 Å². The fourth-order valence-electron chi connectivity index (χ4n) is 3.13. The molecule has 1 atom stereocenters. The Kier molecular flexibility index (Phi) is 5.32. The summed E-state index contributed by atoms with van der Waals surface area (Å²) in [6, 6.07) is 7.59. The van der Waals surface area contributed by atoms with Crippen molar-refractivity contribution in [3.8, 4) is 11.5 Å². The van der Waals surface area contributed by atoms with Crippen LogP contribution in [0.5, 0.6) is 11.5 Å². The Morgan fingerprint density at radius 1 is 1.33 bits per heavy atom. The number of β-amino-alcohol motifs (C(OH)–C–C–N with tert-alkyl or cyclic N) is 1. The van der Waals surface area contributed by atoms with Crippen LogP contribution in [-0.4, -0.2) is 64.0 Å². The third-order valence-electron chi connectivity index (χ3n) is 4.28. The normalized spacial score (nSPS) is 21.6. The Balaban J connectivity index is 1.48. The average Bonchev–Trinajstić information content (AvgIpc) is 3.07. The molecule has 1 fully saturated rings. The summed E-state index contributed by atoms with van der Waals surface area (Å²) in [6.07, 6.45) is 5.15. The maximum absolute atomic E-state index is 10.8. The number of aliphatic hydroxyl groups is 1. The Bertz CT molecular complexity index is 635. The van der Waals surface area contributed by atoms with E-state index in [1.54, 1.807) is 24.2 Å². The van der Waals surface area contributed by atoms with Crippen LogP contribution in [0.15, 0.2) is 36.7 Å². The highest BCUT2D eigenvalue weighted by Gasteiger charge is 2.33. The van der Waals surface area contributed by atoms with Crippen molar-refractivity contribution in [1.29, 1.82) is 0 Å². The van der Waals surface area contributed by atoms with Crippen LogP contribution >= 0.6 is 0 Å². The van der Waals surface area contributed by atoms with E-state index in [-0.39, 0.29) is 0 Å². The highest BCUT2D eigenvalue weighted by Crippen LogP contribution is 2.23. The molecule has 1 N–H and O–H groups in total. The van der Waals surface area contributed by atoms with Crippen LogP contribution in [-0.2, 0) is 6.54 Å². The number of likely N-dealkylation sites (tertiary alicyclic amines) is 1. The van der Waals surface area contributed by atoms with E-state index >= 15 is 0 Å². The summed E-state index contributed by atoms with van der Waals surface area (Å²) in [7, 11) is 1.64. The number of nitrogens with zero attached hydrogens (tertiary/aromatic N) is 4. The largest absolute Gasteiger partial charge is 0.497 e. The number of methoxy groups -OCH3 is 1. The molecule has 1 aliphatic heterocycles. The predicted molar refractivity (Wildman–Crippen MR) is 89.1 cm³/mol. The quantitative estimate of drug-likeness (QED) is 0.821. The summed E-state index contributed by atoms with van der Waals surface area (Å²) >= 11 is 0. The third-order valence-corrected chi connectivity index (χ3v) is 4.28. The number of rotatable bonds is 7. The van der Waals surface area contributed by atoms with E-state index in [1.807, 2.05) is 24.3 Å². The van der Waals surface area contributed by atoms with E-state index in [4.69, 9.17) is 9.47 Å². The highest BCUT2D eigenvalue weighted by molar-refractivity contribution is 5.32. The molecule has 0 saturated carbocycles. The molecule has 1 aromatic heterocycles. The Morgan fingerprint density at radius 3 is 3.00 bits per heavy atom. The summed E-state index contributed by atoms with van der Waals surface area (Å²) in [5, 5.41) is 18.6. The molecule has 0 amide bonds. The summed E-state index contributed by atoms with van der Waals surface area (Å²) in [5.74, 6) is 1.58. The van der Waals surface area contributed by atoms with Crippen LogP contribution in [0.25, 0.3) is 0 Å². The monoisotopic (exact) mass is 332 g/mol. The molecule has 0 spiro atoms. The molecule has 1 saturated heterocycles. The van der Waals surface area contributed by atoms with Crippen LogP contribution < -0.4 is 9.47 Å². The van der Waals surface area contributed by atoms with Gasteiger partial charge in [0.25, 0.3) is 0 Å². The van der Waals surface area contributed by atoms with Crippen LogP contribution in [0.2, 0.25) is 0 Å². The van der Waals surface area contributed by atoms with E-state index in [0.29, 0.717) is 19.7 Å². The number of aromatic nitrogens is 3. The van der Waals surface area contributed by atoms with Crippen LogP contribution in [0.3, 0.4) is 0 Å². The lowest BCUT2D eigenvalue weighted by atomic mass is 9.93. The minimum absolute atomic E-state index is 0.472. The van der Waals surface area contributed by atoms with Gasteiger partial charge in [-0.25, -0.2) is 4.68 Å². The zero-order valence-corrected chi connectivity index (χ0v) is 14.0. The molecule has 0 aliphatic carbocycles. The van der Waals surface area contributed by atoms with Crippen molar-refractivity contribution in [2.24, 2.45) is 0 Å². The molecule has 3 rings (SSSR count). The zero-order chi connectivity index (χ0) is 16.8. The maximum atomic E-state index is 10.8. The van der Waals surface area contributed by atoms with Gasteiger partial charge in [-0.2, -0.15) is 0 Å². The minimum Gasteiger partial charge on any atom is -0.497 e. The van der Waals surface area contributed by atoms with Gasteiger partial charge < -0.3 is 14.6 Å². The van der Waals surface area contributed by atoms with Gasteiger partial charge in [0.15, 0.2) is 0 Å². The van der Waals surface area contributed by atoms with Gasteiger partial charge in [0.2, 0.25) is 0 Å². The maximum Gasteiger partial charge on any atom is 0.123 e. The number of ether oxygens (including phenoxy) is 2. The lowest BCUT2D eigenvalue weighted by molar-refractivity contribution is -0.0476. The molecule has 1 aliphatic rings. The Hall–Kier alpha value is -2.12. The van der Waals surface area contributed by atoms with Gasteiger partial charge >= 0.3 is 0 Å². The van der Waals surface area contributed by atoms with Crippen LogP contribution in [0, 0.1) is 0 Å². The third kappa shape index (κ3) is 4.46. The summed E-state index contributed by atoms with van der Waals surface area (Å²) in [4.78, 5) is 2.24. The van der Waals surface area contributed by atoms with Crippen molar-refractivity contribution in [2.75, 3.05) is 33.4 Å². The second-order valence-electron chi connectivity index (χ2n) is 6.23. The summed E-state index contributed by atoms with van der Waals surface area (Å²) in [5.41, 5.74) is -0.762. The molecule has 0 radical (unpaired) electrons. The second-order valence-corrected chi connectivity index (χ2v) is 6.23. The molecule has 7 nitrogen and oxygen atoms in total. The zero-order valence-electron chi connectivity index (χ0n) is 14.0. The number of benzene rings is 1. The smallest absolute Gasteiger partial charge is 0.123 e. The first-order valence-electron chi connectivity index (χ1n) is 8.23. The minimum atomic E-state index is -0.762. The molecule has 2 heterocycles. The number of piperidine rings is 1. The molecule has 1 aromatic carbocycles. The van der Waals surface area contributed by atoms with E-state index in [0.717, 1.165) is 37.4 Å². The van der Waals surface area contributed by atoms with Crippen molar-refractivity contribution in [1.82, 2.24) is 19.9 Å². The van der Waals surface area contributed by atoms with Crippen LogP contribution in [0.1, 0.15) is 12.8 Å². The van der Waals surface area contributed by atoms with E-state index in [2.05, 4.69) is 15.2 Å². The van der Waals surface area contributed by atoms with Gasteiger partial charge in [-0.15, -0.1) is 5.10 Å². The lowest BCUT2D eigenvalue weighted by Crippen LogP contribution is -2.51. The van der Waals surface area contributed by atoms with Gasteiger partial charge in [-0.3, -0.25) is 4.90 Å². The Morgan fingerprint density at radius 2 is 2.21 bits per heavy atom. The molecule has 1 unspecified atom stereocenters. The van der Waals surface area contributed by atoms with Gasteiger partial charge in [-0.05, 0) is 31.5 Å². The van der Waals surface area contributed by atoms with E-state index < -0.39 is 5.60 Å². The fraction of sp³-hybridized carbons (Fsp3) is 0.529. The second kappa shape index (κ2) is 7.63. The van der Waals surface area contributed by atoms with Gasteiger partial charge in [0.05, 0.1) is 25.5 Å². The predicted octanol–water partition coefficient (Wildman–Crippen LogP) is 1.19. The van der Waals surface area contributed by atoms with Crippen molar-refractivity contribution >= 4 is 0 Å². The first-order chi connectivity index (χ1) is 11.7. The van der Waals surface area contributed by atoms with E-state index in [1.165, 1.54) is 0 Å². The topological polar surface area (TPSA) is 72.6 Å². The molecule has 130 valence electrons. The molecule has 2 aromatic rings. The van der Waals surface area contributed by atoms with E-state index in [9.17, 15) is 5.11 Å². The van der Waals surface area contributed by atoms with Gasteiger partial charge in [-0.1, -0.05) is 11.3 Å². The summed E-state index contributed by atoms with van der Waals surface area (Å²) in [6.45, 7) is 3.42. The molecule has 24 heavy (non-hydrogen) atoms. The van der Waals surface area contributed by atoms with Crippen molar-refractivity contribution < 1.29 is 14.6 Å². The van der Waals surface area contributed by atoms with Gasteiger partial charge in [0, 0.05) is 25.4 Å². The number of hydrogen-bond acceptors (Lipinski definition) is 6. The lowest BCUT2D eigenvalue weighted by Gasteiger charge is -2.38.